The van der Waals surface area contributed by atoms with Crippen molar-refractivity contribution in [1.82, 2.24) is 0 Å². The van der Waals surface area contributed by atoms with Crippen LogP contribution in [0.5, 0.6) is 0 Å². The van der Waals surface area contributed by atoms with Crippen LogP contribution < -0.4 is 9.13 Å². The highest BCUT2D eigenvalue weighted by Crippen LogP contribution is 2.61. The molecule has 3 heteroatoms. The lowest BCUT2D eigenvalue weighted by Gasteiger charge is -2.52. The van der Waals surface area contributed by atoms with Gasteiger partial charge in [0.25, 0.3) is 0 Å². The van der Waals surface area contributed by atoms with Gasteiger partial charge >= 0.3 is 0 Å². The van der Waals surface area contributed by atoms with E-state index in [0.717, 1.165) is 25.7 Å². The fraction of sp³-hybridized carbons (Fsp3) is 0.451. The number of aromatic nitrogens is 2. The number of rotatable bonds is 11. The quantitative estimate of drug-likeness (QED) is 0.0968. The highest BCUT2D eigenvalue weighted by Gasteiger charge is 2.66. The molecule has 2 aromatic heterocycles. The van der Waals surface area contributed by atoms with E-state index >= 15 is 0 Å². The van der Waals surface area contributed by atoms with Crippen LogP contribution in [-0.4, -0.2) is 6.26 Å². The molecular weight excluding hydrogens is 673 g/mol. The second-order valence-corrected chi connectivity index (χ2v) is 18.5. The van der Waals surface area contributed by atoms with Crippen LogP contribution in [0.4, 0.5) is 0 Å². The molecule has 2 nitrogen and oxygen atoms in total. The van der Waals surface area contributed by atoms with E-state index in [1.54, 1.807) is 5.56 Å². The molecule has 3 aromatic carbocycles. The number of aryl methyl sites for hydroxylation is 1. The molecule has 1 aliphatic carbocycles. The van der Waals surface area contributed by atoms with E-state index in [-0.39, 0.29) is 22.4 Å². The molecule has 0 saturated carbocycles. The summed E-state index contributed by atoms with van der Waals surface area (Å²) in [4.78, 5) is 1.40. The largest absolute Gasteiger partial charge is 0.227 e. The van der Waals surface area contributed by atoms with E-state index in [4.69, 9.17) is 0 Å². The van der Waals surface area contributed by atoms with Crippen molar-refractivity contribution in [2.24, 2.45) is 5.92 Å². The summed E-state index contributed by atoms with van der Waals surface area (Å²) in [6.45, 7) is 24.4. The number of thioether (sulfide) groups is 1. The normalized spacial score (nSPS) is 22.0. The molecule has 0 saturated heterocycles. The molecule has 8 rings (SSSR count). The maximum absolute atomic E-state index is 2.82. The second-order valence-electron chi connectivity index (χ2n) is 17.6. The molecule has 0 bridgehead atoms. The van der Waals surface area contributed by atoms with Gasteiger partial charge in [-0.05, 0) is 83.4 Å². The molecular formula is C51H62N2S+2. The van der Waals surface area contributed by atoms with Gasteiger partial charge in [-0.15, -0.1) is 11.8 Å². The maximum Gasteiger partial charge on any atom is 0.227 e. The van der Waals surface area contributed by atoms with Gasteiger partial charge in [0.2, 0.25) is 11.4 Å². The third kappa shape index (κ3) is 4.92. The molecule has 0 spiro atoms. The summed E-state index contributed by atoms with van der Waals surface area (Å²) in [5, 5.41) is 0. The first kappa shape index (κ1) is 37.2. The van der Waals surface area contributed by atoms with Crippen LogP contribution in [0, 0.1) is 5.92 Å². The van der Waals surface area contributed by atoms with Gasteiger partial charge in [-0.3, -0.25) is 0 Å². The number of pyridine rings is 2. The number of benzene rings is 3. The van der Waals surface area contributed by atoms with Gasteiger partial charge in [-0.25, -0.2) is 0 Å². The molecule has 4 heterocycles. The van der Waals surface area contributed by atoms with Crippen LogP contribution >= 0.6 is 11.8 Å². The van der Waals surface area contributed by atoms with Crippen molar-refractivity contribution in [1.29, 1.82) is 0 Å². The average Bonchev–Trinajstić information content (AvgIpc) is 3.65. The van der Waals surface area contributed by atoms with Crippen LogP contribution in [0.25, 0.3) is 33.6 Å². The molecule has 280 valence electrons. The minimum Gasteiger partial charge on any atom is -0.191 e. The number of hydrogen-bond acceptors (Lipinski definition) is 1. The summed E-state index contributed by atoms with van der Waals surface area (Å²) < 4.78 is 5.52. The van der Waals surface area contributed by atoms with Crippen LogP contribution in [0.15, 0.2) is 90.1 Å². The Balaban J connectivity index is 1.45. The summed E-state index contributed by atoms with van der Waals surface area (Å²) >= 11 is 1.93. The first-order valence-electron chi connectivity index (χ1n) is 21.0. The maximum atomic E-state index is 2.82. The van der Waals surface area contributed by atoms with Crippen molar-refractivity contribution in [3.05, 3.63) is 124 Å². The predicted octanol–water partition coefficient (Wildman–Crippen LogP) is 12.7. The highest BCUT2D eigenvalue weighted by atomic mass is 32.2. The van der Waals surface area contributed by atoms with Crippen LogP contribution in [-0.2, 0) is 29.2 Å². The monoisotopic (exact) mass is 734 g/mol. The van der Waals surface area contributed by atoms with Crippen molar-refractivity contribution >= 4 is 11.8 Å². The number of unbranched alkanes of at least 4 members (excludes halogenated alkanes) is 1. The summed E-state index contributed by atoms with van der Waals surface area (Å²) in [6, 6.07) is 29.2. The first-order chi connectivity index (χ1) is 25.9. The standard InChI is InChI=1S/C51H62N2S/c1-12-16-20-34-21-17-22-35(29-34)38-26-27-41-44(37(38)13-2)48-43(54-11)30-36(32(5)6)31-53(48)50(10,14-3)51(41,15-4)33(7)46-39-23-18-24-40-45(39)47-42(49(40,8)9)25-19-28-52(46)47/h17-19,21-33,46H,12-16,20H2,1-11H3/q+2. The lowest BCUT2D eigenvalue weighted by molar-refractivity contribution is -0.773. The van der Waals surface area contributed by atoms with Crippen molar-refractivity contribution < 1.29 is 9.13 Å². The lowest BCUT2D eigenvalue weighted by Crippen LogP contribution is -2.72. The Kier molecular flexibility index (Phi) is 9.31. The first-order valence-corrected chi connectivity index (χ1v) is 22.3. The Morgan fingerprint density at radius 1 is 0.778 bits per heavy atom. The van der Waals surface area contributed by atoms with Crippen LogP contribution in [0.3, 0.4) is 0 Å². The van der Waals surface area contributed by atoms with E-state index in [2.05, 4.69) is 170 Å². The molecule has 54 heavy (non-hydrogen) atoms. The molecule has 0 radical (unpaired) electrons. The van der Waals surface area contributed by atoms with E-state index in [0.29, 0.717) is 11.8 Å². The Bertz CT molecular complexity index is 2220. The number of nitrogens with zero attached hydrogens (tertiary/aromatic N) is 2. The predicted molar refractivity (Wildman–Crippen MR) is 229 cm³/mol. The molecule has 4 atom stereocenters. The van der Waals surface area contributed by atoms with Gasteiger partial charge in [0, 0.05) is 47.4 Å². The third-order valence-corrected chi connectivity index (χ3v) is 15.4. The zero-order valence-electron chi connectivity index (χ0n) is 34.9. The number of hydrogen-bond donors (Lipinski definition) is 0. The third-order valence-electron chi connectivity index (χ3n) is 14.7. The van der Waals surface area contributed by atoms with Gasteiger partial charge in [0.15, 0.2) is 24.0 Å². The summed E-state index contributed by atoms with van der Waals surface area (Å²) in [5.74, 6) is 0.742. The molecule has 5 aromatic rings. The topological polar surface area (TPSA) is 7.76 Å². The zero-order valence-corrected chi connectivity index (χ0v) is 35.7. The molecule has 4 unspecified atom stereocenters. The molecule has 2 aliphatic heterocycles. The smallest absolute Gasteiger partial charge is 0.191 e. The summed E-state index contributed by atoms with van der Waals surface area (Å²) in [6.07, 6.45) is 13.9. The Hall–Kier alpha value is -3.69. The fourth-order valence-corrected chi connectivity index (χ4v) is 12.4. The average molecular weight is 735 g/mol. The van der Waals surface area contributed by atoms with Crippen LogP contribution in [0.2, 0.25) is 0 Å². The molecule has 0 amide bonds. The lowest BCUT2D eigenvalue weighted by atomic mass is 9.52. The Labute approximate surface area is 330 Å². The van der Waals surface area contributed by atoms with Crippen molar-refractivity contribution in [3.63, 3.8) is 0 Å². The Morgan fingerprint density at radius 2 is 1.54 bits per heavy atom. The fourth-order valence-electron chi connectivity index (χ4n) is 11.7. The second kappa shape index (κ2) is 13.5. The Morgan fingerprint density at radius 3 is 2.22 bits per heavy atom. The van der Waals surface area contributed by atoms with Crippen molar-refractivity contribution in [2.75, 3.05) is 6.26 Å². The molecule has 0 N–H and O–H groups in total. The van der Waals surface area contributed by atoms with Gasteiger partial charge < -0.3 is 0 Å². The summed E-state index contributed by atoms with van der Waals surface area (Å²) in [7, 11) is 0. The molecule has 0 fully saturated rings. The van der Waals surface area contributed by atoms with E-state index < -0.39 is 0 Å². The zero-order chi connectivity index (χ0) is 38.3. The van der Waals surface area contributed by atoms with E-state index in [1.165, 1.54) is 84.8 Å². The van der Waals surface area contributed by atoms with Gasteiger partial charge in [-0.1, -0.05) is 123 Å². The molecule has 3 aliphatic rings. The SMILES string of the molecule is CCCCc1cccc(-c2ccc3c(c2CC)-c2c(SC)cc(C(C)C)c[n+]2C(C)(CC)C3(CC)C(C)C2c3cccc4c3-c3c(ccc[n+]32)C4(C)C)c1. The van der Waals surface area contributed by atoms with Crippen molar-refractivity contribution in [2.45, 2.75) is 141 Å². The van der Waals surface area contributed by atoms with E-state index in [1.807, 2.05) is 11.8 Å². The summed E-state index contributed by atoms with van der Waals surface area (Å²) in [5.41, 5.74) is 18.7. The minimum atomic E-state index is -0.173. The van der Waals surface area contributed by atoms with Gasteiger partial charge in [0.05, 0.1) is 21.4 Å². The highest BCUT2D eigenvalue weighted by molar-refractivity contribution is 7.98. The van der Waals surface area contributed by atoms with Crippen molar-refractivity contribution in [3.8, 4) is 33.6 Å². The minimum absolute atomic E-state index is 0.00619. The van der Waals surface area contributed by atoms with Gasteiger partial charge in [-0.2, -0.15) is 9.13 Å². The van der Waals surface area contributed by atoms with E-state index in [9.17, 15) is 0 Å². The van der Waals surface area contributed by atoms with Crippen LogP contribution in [0.1, 0.15) is 146 Å². The van der Waals surface area contributed by atoms with Gasteiger partial charge in [0.1, 0.15) is 0 Å². The number of fused-ring (bicyclic) bond motifs is 3.